The Kier molecular flexibility index (Phi) is 5.75. The number of carbonyl (C=O) groups excluding carboxylic acids is 2. The second-order valence-corrected chi connectivity index (χ2v) is 6.81. The molecule has 0 spiro atoms. The summed E-state index contributed by atoms with van der Waals surface area (Å²) in [5.74, 6) is -0.478. The van der Waals surface area contributed by atoms with E-state index < -0.39 is 4.92 Å². The van der Waals surface area contributed by atoms with Crippen molar-refractivity contribution in [2.75, 3.05) is 10.6 Å². The molecule has 0 fully saturated rings. The van der Waals surface area contributed by atoms with Crippen LogP contribution in [0.4, 0.5) is 16.5 Å². The summed E-state index contributed by atoms with van der Waals surface area (Å²) in [4.78, 5) is 38.2. The summed E-state index contributed by atoms with van der Waals surface area (Å²) in [7, 11) is 0. The van der Waals surface area contributed by atoms with Crippen molar-refractivity contribution in [3.63, 3.8) is 0 Å². The van der Waals surface area contributed by atoms with E-state index in [0.29, 0.717) is 22.8 Å². The Morgan fingerprint density at radius 1 is 1.21 bits per heavy atom. The predicted molar refractivity (Wildman–Crippen MR) is 109 cm³/mol. The number of nitro benzene ring substituents is 1. The fourth-order valence-corrected chi connectivity index (χ4v) is 3.28. The van der Waals surface area contributed by atoms with Crippen LogP contribution in [0.25, 0.3) is 16.3 Å². The van der Waals surface area contributed by atoms with Crippen molar-refractivity contribution in [3.8, 4) is 0 Å². The van der Waals surface area contributed by atoms with Crippen LogP contribution >= 0.6 is 11.3 Å². The van der Waals surface area contributed by atoms with E-state index in [4.69, 9.17) is 0 Å². The van der Waals surface area contributed by atoms with Crippen molar-refractivity contribution >= 4 is 56.0 Å². The highest BCUT2D eigenvalue weighted by Gasteiger charge is 2.08. The number of rotatable bonds is 6. The molecule has 2 N–H and O–H groups in total. The summed E-state index contributed by atoms with van der Waals surface area (Å²) in [6.45, 7) is 1.76. The number of non-ortho nitro benzene ring substituents is 1. The standard InChI is InChI=1S/C19H16N4O4S/c1-2-17(24)22-19-21-15-8-7-13(11-16(15)28-19)20-18(25)9-6-12-4-3-5-14(10-12)23(26)27/h3-11H,2H2,1H3,(H,20,25)(H,21,22,24)/b9-6+. The second-order valence-electron chi connectivity index (χ2n) is 5.78. The number of amides is 2. The maximum atomic E-state index is 12.1. The summed E-state index contributed by atoms with van der Waals surface area (Å²) in [5.41, 5.74) is 1.82. The molecular formula is C19H16N4O4S. The number of anilines is 2. The number of carbonyl (C=O) groups is 2. The summed E-state index contributed by atoms with van der Waals surface area (Å²) < 4.78 is 0.826. The van der Waals surface area contributed by atoms with E-state index in [1.165, 1.54) is 35.6 Å². The molecule has 0 aliphatic carbocycles. The van der Waals surface area contributed by atoms with E-state index >= 15 is 0 Å². The first-order valence-electron chi connectivity index (χ1n) is 8.38. The normalized spacial score (nSPS) is 10.9. The third-order valence-corrected chi connectivity index (χ3v) is 4.67. The van der Waals surface area contributed by atoms with Gasteiger partial charge in [0.1, 0.15) is 0 Å². The molecule has 0 saturated heterocycles. The van der Waals surface area contributed by atoms with Crippen LogP contribution in [-0.2, 0) is 9.59 Å². The zero-order chi connectivity index (χ0) is 20.1. The molecular weight excluding hydrogens is 380 g/mol. The molecule has 1 heterocycles. The Labute approximate surface area is 164 Å². The van der Waals surface area contributed by atoms with Gasteiger partial charge in [-0.3, -0.25) is 19.7 Å². The molecule has 28 heavy (non-hydrogen) atoms. The molecule has 0 bridgehead atoms. The topological polar surface area (TPSA) is 114 Å². The molecule has 0 radical (unpaired) electrons. The molecule has 0 aliphatic heterocycles. The lowest BCUT2D eigenvalue weighted by Crippen LogP contribution is -2.08. The van der Waals surface area contributed by atoms with Gasteiger partial charge in [0.05, 0.1) is 15.1 Å². The predicted octanol–water partition coefficient (Wildman–Crippen LogP) is 4.20. The van der Waals surface area contributed by atoms with Crippen molar-refractivity contribution in [2.45, 2.75) is 13.3 Å². The van der Waals surface area contributed by atoms with E-state index in [1.54, 1.807) is 37.3 Å². The molecule has 2 aromatic carbocycles. The summed E-state index contributed by atoms with van der Waals surface area (Å²) in [5, 5.41) is 16.8. The number of fused-ring (bicyclic) bond motifs is 1. The zero-order valence-electron chi connectivity index (χ0n) is 14.8. The Hall–Kier alpha value is -3.59. The molecule has 1 aromatic heterocycles. The van der Waals surface area contributed by atoms with Crippen molar-refractivity contribution in [2.24, 2.45) is 0 Å². The highest BCUT2D eigenvalue weighted by molar-refractivity contribution is 7.22. The average Bonchev–Trinajstić information content (AvgIpc) is 3.07. The van der Waals surface area contributed by atoms with Crippen molar-refractivity contribution < 1.29 is 14.5 Å². The third-order valence-electron chi connectivity index (χ3n) is 3.73. The first-order chi connectivity index (χ1) is 13.4. The van der Waals surface area contributed by atoms with Gasteiger partial charge in [-0.25, -0.2) is 4.98 Å². The highest BCUT2D eigenvalue weighted by Crippen LogP contribution is 2.28. The Bertz CT molecular complexity index is 1090. The number of nitro groups is 1. The molecule has 3 rings (SSSR count). The number of thiazole rings is 1. The lowest BCUT2D eigenvalue weighted by Gasteiger charge is -2.01. The lowest BCUT2D eigenvalue weighted by molar-refractivity contribution is -0.384. The smallest absolute Gasteiger partial charge is 0.270 e. The van der Waals surface area contributed by atoms with E-state index in [-0.39, 0.29) is 17.5 Å². The molecule has 3 aromatic rings. The molecule has 8 nitrogen and oxygen atoms in total. The van der Waals surface area contributed by atoms with E-state index in [9.17, 15) is 19.7 Å². The minimum absolute atomic E-state index is 0.0378. The highest BCUT2D eigenvalue weighted by atomic mass is 32.1. The minimum Gasteiger partial charge on any atom is -0.322 e. The fourth-order valence-electron chi connectivity index (χ4n) is 2.36. The van der Waals surface area contributed by atoms with Crippen molar-refractivity contribution in [3.05, 3.63) is 64.2 Å². The monoisotopic (exact) mass is 396 g/mol. The van der Waals surface area contributed by atoms with Crippen LogP contribution in [0.2, 0.25) is 0 Å². The van der Waals surface area contributed by atoms with Crippen LogP contribution in [0, 0.1) is 10.1 Å². The zero-order valence-corrected chi connectivity index (χ0v) is 15.7. The van der Waals surface area contributed by atoms with Gasteiger partial charge in [-0.15, -0.1) is 0 Å². The number of nitrogens with zero attached hydrogens (tertiary/aromatic N) is 2. The first-order valence-corrected chi connectivity index (χ1v) is 9.20. The molecule has 9 heteroatoms. The Morgan fingerprint density at radius 3 is 2.79 bits per heavy atom. The van der Waals surface area contributed by atoms with E-state index in [1.807, 2.05) is 0 Å². The fraction of sp³-hybridized carbons (Fsp3) is 0.105. The molecule has 0 saturated carbocycles. The maximum Gasteiger partial charge on any atom is 0.270 e. The van der Waals surface area contributed by atoms with Crippen LogP contribution in [0.5, 0.6) is 0 Å². The maximum absolute atomic E-state index is 12.1. The van der Waals surface area contributed by atoms with Crippen LogP contribution in [0.1, 0.15) is 18.9 Å². The van der Waals surface area contributed by atoms with E-state index in [2.05, 4.69) is 15.6 Å². The van der Waals surface area contributed by atoms with Crippen LogP contribution in [0.15, 0.2) is 48.5 Å². The lowest BCUT2D eigenvalue weighted by atomic mass is 10.2. The molecule has 0 aliphatic rings. The number of hydrogen-bond acceptors (Lipinski definition) is 6. The van der Waals surface area contributed by atoms with Crippen LogP contribution in [0.3, 0.4) is 0 Å². The quantitative estimate of drug-likeness (QED) is 0.368. The Balaban J connectivity index is 1.69. The molecule has 0 unspecified atom stereocenters. The largest absolute Gasteiger partial charge is 0.322 e. The van der Waals surface area contributed by atoms with Gasteiger partial charge in [-0.2, -0.15) is 0 Å². The molecule has 142 valence electrons. The minimum atomic E-state index is -0.487. The number of hydrogen-bond donors (Lipinski definition) is 2. The average molecular weight is 396 g/mol. The van der Waals surface area contributed by atoms with Crippen molar-refractivity contribution in [1.29, 1.82) is 0 Å². The van der Waals surface area contributed by atoms with Crippen LogP contribution in [-0.4, -0.2) is 21.7 Å². The van der Waals surface area contributed by atoms with Gasteiger partial charge in [0.25, 0.3) is 5.69 Å². The van der Waals surface area contributed by atoms with Gasteiger partial charge in [-0.05, 0) is 29.8 Å². The number of nitrogens with one attached hydrogen (secondary N) is 2. The summed E-state index contributed by atoms with van der Waals surface area (Å²) in [6, 6.07) is 11.3. The van der Waals surface area contributed by atoms with Gasteiger partial charge in [0.2, 0.25) is 11.8 Å². The first kappa shape index (κ1) is 19.2. The van der Waals surface area contributed by atoms with Gasteiger partial charge in [0.15, 0.2) is 5.13 Å². The third kappa shape index (κ3) is 4.77. The van der Waals surface area contributed by atoms with Gasteiger partial charge >= 0.3 is 0 Å². The van der Waals surface area contributed by atoms with E-state index in [0.717, 1.165) is 10.2 Å². The van der Waals surface area contributed by atoms with Crippen LogP contribution < -0.4 is 10.6 Å². The summed E-state index contributed by atoms with van der Waals surface area (Å²) >= 11 is 1.32. The molecule has 0 atom stereocenters. The van der Waals surface area contributed by atoms with Gasteiger partial charge in [0, 0.05) is 30.3 Å². The number of benzene rings is 2. The second kappa shape index (κ2) is 8.40. The molecule has 2 amide bonds. The Morgan fingerprint density at radius 2 is 2.04 bits per heavy atom. The van der Waals surface area contributed by atoms with Gasteiger partial charge < -0.3 is 10.6 Å². The number of aromatic nitrogens is 1. The summed E-state index contributed by atoms with van der Waals surface area (Å²) in [6.07, 6.45) is 3.18. The SMILES string of the molecule is CCC(=O)Nc1nc2ccc(NC(=O)/C=C/c3cccc([N+](=O)[O-])c3)cc2s1. The van der Waals surface area contributed by atoms with Crippen molar-refractivity contribution in [1.82, 2.24) is 4.98 Å². The van der Waals surface area contributed by atoms with Gasteiger partial charge in [-0.1, -0.05) is 30.4 Å².